The Morgan fingerprint density at radius 2 is 2.18 bits per heavy atom. The summed E-state index contributed by atoms with van der Waals surface area (Å²) in [6.07, 6.45) is 3.79. The second-order valence-electron chi connectivity index (χ2n) is 6.36. The van der Waals surface area contributed by atoms with Gasteiger partial charge in [0.05, 0.1) is 7.11 Å². The molecular formula is C16H20ClN3O2. The van der Waals surface area contributed by atoms with Gasteiger partial charge in [-0.3, -0.25) is 9.69 Å². The van der Waals surface area contributed by atoms with Crippen molar-refractivity contribution < 1.29 is 9.53 Å². The Morgan fingerprint density at radius 1 is 1.32 bits per heavy atom. The van der Waals surface area contributed by atoms with Gasteiger partial charge in [-0.2, -0.15) is 0 Å². The summed E-state index contributed by atoms with van der Waals surface area (Å²) in [6, 6.07) is 2.69. The minimum absolute atomic E-state index is 0.322. The monoisotopic (exact) mass is 321 g/mol. The molecule has 0 bridgehead atoms. The van der Waals surface area contributed by atoms with Gasteiger partial charge in [0.1, 0.15) is 5.15 Å². The number of carbonyl (C=O) groups is 1. The molecule has 1 amide bonds. The van der Waals surface area contributed by atoms with Crippen LogP contribution in [0.2, 0.25) is 5.15 Å². The number of hydrogen-bond acceptors (Lipinski definition) is 4. The van der Waals surface area contributed by atoms with Gasteiger partial charge in [0.15, 0.2) is 0 Å². The van der Waals surface area contributed by atoms with Gasteiger partial charge in [-0.15, -0.1) is 0 Å². The highest BCUT2D eigenvalue weighted by Crippen LogP contribution is 2.42. The van der Waals surface area contributed by atoms with Gasteiger partial charge >= 0.3 is 0 Å². The van der Waals surface area contributed by atoms with Crippen molar-refractivity contribution >= 4 is 17.5 Å². The van der Waals surface area contributed by atoms with Crippen LogP contribution in [0.25, 0.3) is 0 Å². The third-order valence-electron chi connectivity index (χ3n) is 5.26. The van der Waals surface area contributed by atoms with Gasteiger partial charge in [0.2, 0.25) is 11.8 Å². The highest BCUT2D eigenvalue weighted by molar-refractivity contribution is 6.29. The molecule has 0 spiro atoms. The number of pyridine rings is 1. The molecule has 2 saturated heterocycles. The smallest absolute Gasteiger partial charge is 0.222 e. The van der Waals surface area contributed by atoms with Gasteiger partial charge in [0.25, 0.3) is 0 Å². The number of amides is 1. The number of piperazine rings is 1. The van der Waals surface area contributed by atoms with Gasteiger partial charge in [-0.1, -0.05) is 11.6 Å². The van der Waals surface area contributed by atoms with Crippen LogP contribution < -0.4 is 4.74 Å². The van der Waals surface area contributed by atoms with Crippen LogP contribution in [-0.2, 0) is 11.2 Å². The first-order valence-corrected chi connectivity index (χ1v) is 8.32. The number of hydrogen-bond donors (Lipinski definition) is 0. The molecule has 2 aliphatic heterocycles. The Labute approximate surface area is 135 Å². The molecule has 0 radical (unpaired) electrons. The minimum Gasteiger partial charge on any atom is -0.481 e. The average Bonchev–Trinajstić information content (AvgIpc) is 3.10. The summed E-state index contributed by atoms with van der Waals surface area (Å²) in [4.78, 5) is 20.7. The van der Waals surface area contributed by atoms with E-state index in [0.29, 0.717) is 35.4 Å². The average molecular weight is 322 g/mol. The molecule has 4 rings (SSSR count). The van der Waals surface area contributed by atoms with E-state index in [0.717, 1.165) is 38.9 Å². The van der Waals surface area contributed by atoms with Crippen LogP contribution >= 0.6 is 11.6 Å². The summed E-state index contributed by atoms with van der Waals surface area (Å²) >= 11 is 6.08. The molecule has 5 nitrogen and oxygen atoms in total. The van der Waals surface area contributed by atoms with Crippen LogP contribution in [0.15, 0.2) is 6.07 Å². The van der Waals surface area contributed by atoms with Crippen LogP contribution in [0, 0.1) is 0 Å². The molecule has 1 aliphatic carbocycles. The van der Waals surface area contributed by atoms with Gasteiger partial charge in [0, 0.05) is 43.7 Å². The lowest BCUT2D eigenvalue weighted by atomic mass is 10.1. The van der Waals surface area contributed by atoms with Crippen molar-refractivity contribution in [2.24, 2.45) is 0 Å². The summed E-state index contributed by atoms with van der Waals surface area (Å²) in [5.41, 5.74) is 2.46. The fourth-order valence-electron chi connectivity index (χ4n) is 4.24. The second kappa shape index (κ2) is 5.39. The molecule has 0 N–H and O–H groups in total. The largest absolute Gasteiger partial charge is 0.481 e. The molecule has 22 heavy (non-hydrogen) atoms. The van der Waals surface area contributed by atoms with E-state index in [4.69, 9.17) is 16.3 Å². The maximum absolute atomic E-state index is 11.8. The zero-order chi connectivity index (χ0) is 15.3. The first-order valence-electron chi connectivity index (χ1n) is 7.94. The third-order valence-corrected chi connectivity index (χ3v) is 5.45. The van der Waals surface area contributed by atoms with E-state index in [1.807, 2.05) is 6.07 Å². The number of aromatic nitrogens is 1. The molecule has 3 heterocycles. The molecule has 2 fully saturated rings. The molecule has 118 valence electrons. The van der Waals surface area contributed by atoms with Crippen LogP contribution in [0.1, 0.15) is 36.4 Å². The maximum Gasteiger partial charge on any atom is 0.222 e. The molecule has 1 aromatic heterocycles. The SMILES string of the molecule is COc1nc(Cl)cc2c1C(N1CCN3C(=O)CC[C@H]3C1)CC2. The summed E-state index contributed by atoms with van der Waals surface area (Å²) < 4.78 is 5.48. The number of fused-ring (bicyclic) bond motifs is 2. The first kappa shape index (κ1) is 14.3. The standard InChI is InChI=1S/C16H20ClN3O2/c1-22-16-15-10(8-13(17)18-16)2-4-12(15)19-6-7-20-11(9-19)3-5-14(20)21/h8,11-12H,2-7,9H2,1H3/t11-,12?/m0/s1. The van der Waals surface area contributed by atoms with Gasteiger partial charge in [-0.25, -0.2) is 4.98 Å². The lowest BCUT2D eigenvalue weighted by Gasteiger charge is -2.40. The van der Waals surface area contributed by atoms with E-state index in [2.05, 4.69) is 14.8 Å². The Bertz CT molecular complexity index is 622. The molecule has 6 heteroatoms. The van der Waals surface area contributed by atoms with E-state index < -0.39 is 0 Å². The van der Waals surface area contributed by atoms with Crippen LogP contribution in [0.4, 0.5) is 0 Å². The van der Waals surface area contributed by atoms with E-state index in [1.54, 1.807) is 7.11 Å². The third kappa shape index (κ3) is 2.18. The van der Waals surface area contributed by atoms with E-state index in [-0.39, 0.29) is 0 Å². The lowest BCUT2D eigenvalue weighted by Crippen LogP contribution is -2.52. The summed E-state index contributed by atoms with van der Waals surface area (Å²) in [5.74, 6) is 0.984. The highest BCUT2D eigenvalue weighted by atomic mass is 35.5. The summed E-state index contributed by atoms with van der Waals surface area (Å²) in [7, 11) is 1.65. The zero-order valence-electron chi connectivity index (χ0n) is 12.7. The predicted octanol–water partition coefficient (Wildman–Crippen LogP) is 2.04. The molecule has 2 atom stereocenters. The number of carbonyl (C=O) groups excluding carboxylic acids is 1. The normalized spacial score (nSPS) is 27.9. The number of nitrogens with zero attached hydrogens (tertiary/aromatic N) is 3. The Hall–Kier alpha value is -1.33. The van der Waals surface area contributed by atoms with Crippen molar-refractivity contribution in [1.82, 2.24) is 14.8 Å². The Balaban J connectivity index is 1.60. The Morgan fingerprint density at radius 3 is 3.00 bits per heavy atom. The van der Waals surface area contributed by atoms with Crippen molar-refractivity contribution in [2.45, 2.75) is 37.8 Å². The molecule has 0 aromatic carbocycles. The van der Waals surface area contributed by atoms with E-state index >= 15 is 0 Å². The van der Waals surface area contributed by atoms with Gasteiger partial charge in [-0.05, 0) is 30.9 Å². The number of aryl methyl sites for hydroxylation is 1. The van der Waals surface area contributed by atoms with Crippen molar-refractivity contribution in [3.8, 4) is 5.88 Å². The van der Waals surface area contributed by atoms with E-state index in [9.17, 15) is 4.79 Å². The molecule has 1 unspecified atom stereocenters. The highest BCUT2D eigenvalue weighted by Gasteiger charge is 2.40. The number of halogens is 1. The minimum atomic E-state index is 0.322. The fourth-order valence-corrected chi connectivity index (χ4v) is 4.45. The van der Waals surface area contributed by atoms with Crippen molar-refractivity contribution in [1.29, 1.82) is 0 Å². The molecular weight excluding hydrogens is 302 g/mol. The van der Waals surface area contributed by atoms with Crippen LogP contribution in [-0.4, -0.2) is 53.5 Å². The summed E-state index contributed by atoms with van der Waals surface area (Å²) in [5, 5.41) is 0.502. The van der Waals surface area contributed by atoms with Crippen LogP contribution in [0.3, 0.4) is 0 Å². The second-order valence-corrected chi connectivity index (χ2v) is 6.74. The predicted molar refractivity (Wildman–Crippen MR) is 83.2 cm³/mol. The van der Waals surface area contributed by atoms with Crippen molar-refractivity contribution in [3.63, 3.8) is 0 Å². The van der Waals surface area contributed by atoms with Crippen molar-refractivity contribution in [3.05, 3.63) is 22.3 Å². The Kier molecular flexibility index (Phi) is 3.50. The fraction of sp³-hybridized carbons (Fsp3) is 0.625. The molecule has 3 aliphatic rings. The number of rotatable bonds is 2. The first-order chi connectivity index (χ1) is 10.7. The van der Waals surface area contributed by atoms with Crippen LogP contribution in [0.5, 0.6) is 5.88 Å². The maximum atomic E-state index is 11.8. The molecule has 0 saturated carbocycles. The number of ether oxygens (including phenoxy) is 1. The lowest BCUT2D eigenvalue weighted by molar-refractivity contribution is -0.131. The van der Waals surface area contributed by atoms with E-state index in [1.165, 1.54) is 11.1 Å². The van der Waals surface area contributed by atoms with Gasteiger partial charge < -0.3 is 9.64 Å². The quantitative estimate of drug-likeness (QED) is 0.782. The summed E-state index contributed by atoms with van der Waals surface area (Å²) in [6.45, 7) is 2.73. The zero-order valence-corrected chi connectivity index (χ0v) is 13.5. The molecule has 1 aromatic rings. The topological polar surface area (TPSA) is 45.7 Å². The number of methoxy groups -OCH3 is 1. The van der Waals surface area contributed by atoms with Crippen molar-refractivity contribution in [2.75, 3.05) is 26.7 Å².